The van der Waals surface area contributed by atoms with Gasteiger partial charge in [-0.1, -0.05) is 0 Å². The highest BCUT2D eigenvalue weighted by atomic mass is 19.2. The molecule has 0 aliphatic carbocycles. The summed E-state index contributed by atoms with van der Waals surface area (Å²) in [6.45, 7) is 0.777. The molecule has 8 heteroatoms. The van der Waals surface area contributed by atoms with Crippen molar-refractivity contribution in [3.63, 3.8) is 0 Å². The molecule has 0 radical (unpaired) electrons. The highest BCUT2D eigenvalue weighted by molar-refractivity contribution is 5.94. The van der Waals surface area contributed by atoms with Crippen LogP contribution in [0.25, 0.3) is 11.3 Å². The fraction of sp³-hybridized carbons (Fsp3) is 0.238. The Balaban J connectivity index is 1.51. The van der Waals surface area contributed by atoms with Gasteiger partial charge in [0.05, 0.1) is 5.69 Å². The van der Waals surface area contributed by atoms with Crippen LogP contribution in [0.2, 0.25) is 0 Å². The minimum Gasteiger partial charge on any atom is -0.338 e. The number of rotatable bonds is 3. The van der Waals surface area contributed by atoms with E-state index in [-0.39, 0.29) is 17.3 Å². The number of likely N-dealkylation sites (tertiary alicyclic amines) is 1. The lowest BCUT2D eigenvalue weighted by molar-refractivity contribution is 0.0704. The normalized spacial score (nSPS) is 16.8. The summed E-state index contributed by atoms with van der Waals surface area (Å²) >= 11 is 0. The van der Waals surface area contributed by atoms with Crippen LogP contribution in [-0.2, 0) is 0 Å². The van der Waals surface area contributed by atoms with Crippen molar-refractivity contribution in [3.8, 4) is 11.3 Å². The number of piperidine rings is 1. The predicted octanol–water partition coefficient (Wildman–Crippen LogP) is 4.65. The van der Waals surface area contributed by atoms with Gasteiger partial charge in [-0.15, -0.1) is 0 Å². The van der Waals surface area contributed by atoms with Gasteiger partial charge < -0.3 is 4.90 Å². The van der Waals surface area contributed by atoms with Crippen LogP contribution < -0.4 is 0 Å². The third-order valence-electron chi connectivity index (χ3n) is 5.12. The number of hydrogen-bond acceptors (Lipinski definition) is 2. The second-order valence-electron chi connectivity index (χ2n) is 7.06. The summed E-state index contributed by atoms with van der Waals surface area (Å²) in [6.07, 6.45) is 1.51. The molecule has 0 spiro atoms. The summed E-state index contributed by atoms with van der Waals surface area (Å²) in [7, 11) is 0. The van der Waals surface area contributed by atoms with Gasteiger partial charge in [-0.25, -0.2) is 17.6 Å². The molecule has 1 fully saturated rings. The van der Waals surface area contributed by atoms with Crippen molar-refractivity contribution in [2.75, 3.05) is 13.1 Å². The highest BCUT2D eigenvalue weighted by Gasteiger charge is 2.28. The Labute approximate surface area is 164 Å². The van der Waals surface area contributed by atoms with E-state index in [4.69, 9.17) is 0 Å². The molecule has 2 aromatic carbocycles. The Morgan fingerprint density at radius 2 is 1.72 bits per heavy atom. The van der Waals surface area contributed by atoms with E-state index in [1.54, 1.807) is 12.1 Å². The number of nitrogens with one attached hydrogen (secondary N) is 1. The second kappa shape index (κ2) is 7.69. The van der Waals surface area contributed by atoms with E-state index >= 15 is 0 Å². The van der Waals surface area contributed by atoms with E-state index in [1.165, 1.54) is 17.0 Å². The van der Waals surface area contributed by atoms with Gasteiger partial charge in [0.1, 0.15) is 5.82 Å². The molecule has 4 rings (SSSR count). The molecular weight excluding hydrogens is 386 g/mol. The van der Waals surface area contributed by atoms with Gasteiger partial charge in [-0.3, -0.25) is 9.89 Å². The van der Waals surface area contributed by atoms with Crippen LogP contribution in [0.5, 0.6) is 0 Å². The molecule has 1 aliphatic rings. The van der Waals surface area contributed by atoms with Crippen molar-refractivity contribution in [2.24, 2.45) is 0 Å². The maximum Gasteiger partial charge on any atom is 0.254 e. The Hall–Kier alpha value is -3.16. The van der Waals surface area contributed by atoms with Crippen molar-refractivity contribution in [2.45, 2.75) is 18.8 Å². The first kappa shape index (κ1) is 19.2. The lowest BCUT2D eigenvalue weighted by atomic mass is 9.93. The number of nitrogens with zero attached hydrogens (tertiary/aromatic N) is 2. The zero-order valence-electron chi connectivity index (χ0n) is 15.3. The molecule has 1 amide bonds. The summed E-state index contributed by atoms with van der Waals surface area (Å²) in [4.78, 5) is 14.2. The molecule has 1 N–H and O–H groups in total. The van der Waals surface area contributed by atoms with E-state index in [0.717, 1.165) is 17.7 Å². The van der Waals surface area contributed by atoms with E-state index in [1.807, 2.05) is 6.07 Å². The van der Waals surface area contributed by atoms with Crippen molar-refractivity contribution < 1.29 is 22.4 Å². The Bertz CT molecular complexity index is 1030. The Kier molecular flexibility index (Phi) is 5.08. The molecule has 3 aromatic rings. The number of aromatic nitrogens is 2. The number of amides is 1. The van der Waals surface area contributed by atoms with E-state index in [0.29, 0.717) is 37.3 Å². The molecule has 1 saturated heterocycles. The maximum absolute atomic E-state index is 13.5. The van der Waals surface area contributed by atoms with Crippen LogP contribution in [0.3, 0.4) is 0 Å². The van der Waals surface area contributed by atoms with E-state index in [2.05, 4.69) is 10.2 Å². The van der Waals surface area contributed by atoms with E-state index in [9.17, 15) is 22.4 Å². The number of benzene rings is 2. The average Bonchev–Trinajstić information content (AvgIpc) is 3.22. The van der Waals surface area contributed by atoms with Gasteiger partial charge in [0.15, 0.2) is 17.5 Å². The molecule has 0 unspecified atom stereocenters. The van der Waals surface area contributed by atoms with Gasteiger partial charge in [-0.2, -0.15) is 5.10 Å². The minimum atomic E-state index is -1.59. The number of H-pyrrole nitrogens is 1. The number of carbonyl (C=O) groups excluding carboxylic acids is 1. The molecule has 4 nitrogen and oxygen atoms in total. The van der Waals surface area contributed by atoms with Crippen LogP contribution in [0.15, 0.2) is 42.5 Å². The van der Waals surface area contributed by atoms with Gasteiger partial charge >= 0.3 is 0 Å². The van der Waals surface area contributed by atoms with Crippen LogP contribution in [0.4, 0.5) is 17.6 Å². The maximum atomic E-state index is 13.5. The largest absolute Gasteiger partial charge is 0.338 e. The van der Waals surface area contributed by atoms with Gasteiger partial charge in [-0.05, 0) is 55.3 Å². The van der Waals surface area contributed by atoms with Gasteiger partial charge in [0.25, 0.3) is 5.91 Å². The summed E-state index contributed by atoms with van der Waals surface area (Å²) in [5.41, 5.74) is 2.01. The molecule has 0 bridgehead atoms. The molecule has 29 heavy (non-hydrogen) atoms. The summed E-state index contributed by atoms with van der Waals surface area (Å²) < 4.78 is 53.2. The SMILES string of the molecule is O=C(c1cc(F)c(F)c(F)c1)N1CCC[C@H](c2cc(-c3ccc(F)cc3)n[nH]2)C1. The van der Waals surface area contributed by atoms with Crippen molar-refractivity contribution >= 4 is 5.91 Å². The minimum absolute atomic E-state index is 0.0375. The number of carbonyl (C=O) groups is 1. The smallest absolute Gasteiger partial charge is 0.254 e. The molecule has 150 valence electrons. The van der Waals surface area contributed by atoms with Crippen molar-refractivity contribution in [3.05, 3.63) is 77.0 Å². The zero-order chi connectivity index (χ0) is 20.5. The fourth-order valence-corrected chi connectivity index (χ4v) is 3.59. The van der Waals surface area contributed by atoms with Crippen LogP contribution in [0, 0.1) is 23.3 Å². The molecular formula is C21H17F4N3O. The molecule has 1 aromatic heterocycles. The second-order valence-corrected chi connectivity index (χ2v) is 7.06. The standard InChI is InChI=1S/C21H17F4N3O/c22-15-5-3-12(4-6-15)18-10-19(27-26-18)13-2-1-7-28(11-13)21(29)14-8-16(23)20(25)17(24)9-14/h3-6,8-10,13H,1-2,7,11H2,(H,26,27)/t13-/m0/s1. The molecule has 0 saturated carbocycles. The Morgan fingerprint density at radius 1 is 1.03 bits per heavy atom. The first-order valence-corrected chi connectivity index (χ1v) is 9.17. The number of aromatic amines is 1. The zero-order valence-corrected chi connectivity index (χ0v) is 15.3. The lowest BCUT2D eigenvalue weighted by Gasteiger charge is -2.32. The predicted molar refractivity (Wildman–Crippen MR) is 98.2 cm³/mol. The molecule has 1 atom stereocenters. The first-order chi connectivity index (χ1) is 13.9. The monoisotopic (exact) mass is 403 g/mol. The topological polar surface area (TPSA) is 49.0 Å². The molecule has 1 aliphatic heterocycles. The molecule has 2 heterocycles. The van der Waals surface area contributed by atoms with Crippen molar-refractivity contribution in [1.82, 2.24) is 15.1 Å². The third kappa shape index (κ3) is 3.87. The van der Waals surface area contributed by atoms with Gasteiger partial charge in [0.2, 0.25) is 0 Å². The number of halogens is 4. The Morgan fingerprint density at radius 3 is 2.41 bits per heavy atom. The number of hydrogen-bond donors (Lipinski definition) is 1. The summed E-state index contributed by atoms with van der Waals surface area (Å²) in [5, 5.41) is 7.22. The van der Waals surface area contributed by atoms with E-state index < -0.39 is 23.4 Å². The van der Waals surface area contributed by atoms with Crippen molar-refractivity contribution in [1.29, 1.82) is 0 Å². The van der Waals surface area contributed by atoms with Gasteiger partial charge in [0, 0.05) is 35.8 Å². The lowest BCUT2D eigenvalue weighted by Crippen LogP contribution is -2.39. The first-order valence-electron chi connectivity index (χ1n) is 9.17. The highest BCUT2D eigenvalue weighted by Crippen LogP contribution is 2.29. The average molecular weight is 403 g/mol. The van der Waals surface area contributed by atoms with Crippen LogP contribution in [0.1, 0.15) is 34.8 Å². The quantitative estimate of drug-likeness (QED) is 0.511. The summed E-state index contributed by atoms with van der Waals surface area (Å²) in [6, 6.07) is 9.24. The van der Waals surface area contributed by atoms with Crippen LogP contribution >= 0.6 is 0 Å². The van der Waals surface area contributed by atoms with Crippen LogP contribution in [-0.4, -0.2) is 34.1 Å². The summed E-state index contributed by atoms with van der Waals surface area (Å²) in [5.74, 6) is -5.29. The third-order valence-corrected chi connectivity index (χ3v) is 5.12. The fourth-order valence-electron chi connectivity index (χ4n) is 3.59.